The van der Waals surface area contributed by atoms with Gasteiger partial charge in [0.1, 0.15) is 10.8 Å². The second kappa shape index (κ2) is 6.58. The number of benzene rings is 1. The van der Waals surface area contributed by atoms with Crippen LogP contribution in [0.4, 0.5) is 0 Å². The topological polar surface area (TPSA) is 93.6 Å². The molecule has 1 heterocycles. The van der Waals surface area contributed by atoms with Crippen molar-refractivity contribution in [2.45, 2.75) is 17.0 Å². The Balaban J connectivity index is 2.13. The summed E-state index contributed by atoms with van der Waals surface area (Å²) in [7, 11) is 1.55. The Kier molecular flexibility index (Phi) is 4.80. The Labute approximate surface area is 124 Å². The average molecular weight is 310 g/mol. The van der Waals surface area contributed by atoms with E-state index in [1.165, 1.54) is 0 Å². The molecule has 6 nitrogen and oxygen atoms in total. The summed E-state index contributed by atoms with van der Waals surface area (Å²) in [6.45, 7) is 1.93. The maximum atomic E-state index is 8.72. The van der Waals surface area contributed by atoms with Crippen LogP contribution in [0.2, 0.25) is 0 Å². The van der Waals surface area contributed by atoms with Crippen molar-refractivity contribution in [3.63, 3.8) is 0 Å². The molecule has 0 aliphatic rings. The lowest BCUT2D eigenvalue weighted by Crippen LogP contribution is -2.14. The summed E-state index contributed by atoms with van der Waals surface area (Å²) in [6, 6.07) is 5.56. The van der Waals surface area contributed by atoms with Crippen molar-refractivity contribution < 1.29 is 9.94 Å². The number of oxime groups is 1. The second-order valence-electron chi connectivity index (χ2n) is 3.90. The normalized spacial score (nSPS) is 11.6. The molecule has 0 aliphatic carbocycles. The third-order valence-corrected chi connectivity index (χ3v) is 4.56. The molecule has 8 heteroatoms. The summed E-state index contributed by atoms with van der Waals surface area (Å²) in [4.78, 5) is 0. The first-order valence-electron chi connectivity index (χ1n) is 5.71. The molecule has 20 heavy (non-hydrogen) atoms. The number of nitrogens with two attached hydrogens (primary N) is 1. The maximum absolute atomic E-state index is 8.72. The molecule has 3 N–H and O–H groups in total. The van der Waals surface area contributed by atoms with Crippen molar-refractivity contribution >= 4 is 28.9 Å². The smallest absolute Gasteiger partial charge is 0.174 e. The standard InChI is InChI=1S/C12H14N4O2S2/c1-7-14-15-12(20-7)19-6-8-3-4-9(11(13)16-17)10(5-8)18-2/h3-5,17H,6H2,1-2H3,(H2,13,16). The molecule has 106 valence electrons. The number of thioether (sulfide) groups is 1. The van der Waals surface area contributed by atoms with Gasteiger partial charge < -0.3 is 15.7 Å². The lowest BCUT2D eigenvalue weighted by atomic mass is 10.1. The first-order chi connectivity index (χ1) is 9.63. The molecule has 2 rings (SSSR count). The number of hydrogen-bond acceptors (Lipinski definition) is 7. The first kappa shape index (κ1) is 14.6. The first-order valence-corrected chi connectivity index (χ1v) is 7.52. The van der Waals surface area contributed by atoms with Gasteiger partial charge in [0, 0.05) is 5.75 Å². The van der Waals surface area contributed by atoms with Crippen LogP contribution in [0.25, 0.3) is 0 Å². The van der Waals surface area contributed by atoms with Gasteiger partial charge in [0.05, 0.1) is 12.7 Å². The van der Waals surface area contributed by atoms with E-state index in [4.69, 9.17) is 15.7 Å². The minimum Gasteiger partial charge on any atom is -0.496 e. The Morgan fingerprint density at radius 2 is 2.30 bits per heavy atom. The molecule has 0 bridgehead atoms. The van der Waals surface area contributed by atoms with Gasteiger partial charge in [-0.05, 0) is 24.6 Å². The van der Waals surface area contributed by atoms with Crippen molar-refractivity contribution in [3.05, 3.63) is 34.3 Å². The van der Waals surface area contributed by atoms with E-state index in [-0.39, 0.29) is 5.84 Å². The van der Waals surface area contributed by atoms with Crippen LogP contribution in [0.5, 0.6) is 5.75 Å². The van der Waals surface area contributed by atoms with Crippen LogP contribution in [0, 0.1) is 6.92 Å². The van der Waals surface area contributed by atoms with Crippen molar-refractivity contribution in [3.8, 4) is 5.75 Å². The molecule has 0 amide bonds. The van der Waals surface area contributed by atoms with Crippen molar-refractivity contribution in [1.82, 2.24) is 10.2 Å². The van der Waals surface area contributed by atoms with Crippen LogP contribution < -0.4 is 10.5 Å². The summed E-state index contributed by atoms with van der Waals surface area (Å²) < 4.78 is 6.19. The predicted octanol–water partition coefficient (Wildman–Crippen LogP) is 2.24. The van der Waals surface area contributed by atoms with Crippen molar-refractivity contribution in [2.24, 2.45) is 10.9 Å². The van der Waals surface area contributed by atoms with Crippen molar-refractivity contribution in [1.29, 1.82) is 0 Å². The van der Waals surface area contributed by atoms with Gasteiger partial charge in [-0.15, -0.1) is 10.2 Å². The number of hydrogen-bond donors (Lipinski definition) is 2. The minimum atomic E-state index is 0.0285. The molecular formula is C12H14N4O2S2. The molecule has 1 aromatic carbocycles. The van der Waals surface area contributed by atoms with Gasteiger partial charge in [-0.3, -0.25) is 0 Å². The third kappa shape index (κ3) is 3.40. The maximum Gasteiger partial charge on any atom is 0.174 e. The van der Waals surface area contributed by atoms with Gasteiger partial charge >= 0.3 is 0 Å². The van der Waals surface area contributed by atoms with E-state index in [1.807, 2.05) is 19.1 Å². The van der Waals surface area contributed by atoms with Crippen LogP contribution in [0.15, 0.2) is 27.7 Å². The highest BCUT2D eigenvalue weighted by Crippen LogP contribution is 2.28. The highest BCUT2D eigenvalue weighted by atomic mass is 32.2. The molecule has 0 saturated carbocycles. The Morgan fingerprint density at radius 1 is 1.50 bits per heavy atom. The van der Waals surface area contributed by atoms with Gasteiger partial charge in [0.2, 0.25) is 0 Å². The fraction of sp³-hybridized carbons (Fsp3) is 0.250. The highest BCUT2D eigenvalue weighted by Gasteiger charge is 2.09. The Morgan fingerprint density at radius 3 is 2.90 bits per heavy atom. The highest BCUT2D eigenvalue weighted by molar-refractivity contribution is 8.00. The second-order valence-corrected chi connectivity index (χ2v) is 6.30. The summed E-state index contributed by atoms with van der Waals surface area (Å²) in [5.41, 5.74) is 7.22. The number of ether oxygens (including phenoxy) is 1. The van der Waals surface area contributed by atoms with E-state index in [1.54, 1.807) is 36.3 Å². The van der Waals surface area contributed by atoms with E-state index < -0.39 is 0 Å². The van der Waals surface area contributed by atoms with Crippen molar-refractivity contribution in [2.75, 3.05) is 7.11 Å². The number of nitrogens with zero attached hydrogens (tertiary/aromatic N) is 3. The lowest BCUT2D eigenvalue weighted by molar-refractivity contribution is 0.318. The fourth-order valence-electron chi connectivity index (χ4n) is 1.57. The molecule has 0 saturated heterocycles. The molecular weight excluding hydrogens is 296 g/mol. The van der Waals surface area contributed by atoms with Crippen LogP contribution in [-0.4, -0.2) is 28.4 Å². The quantitative estimate of drug-likeness (QED) is 0.289. The van der Waals surface area contributed by atoms with Gasteiger partial charge in [0.15, 0.2) is 10.2 Å². The fourth-order valence-corrected chi connectivity index (χ4v) is 3.33. The van der Waals surface area contributed by atoms with E-state index in [0.717, 1.165) is 20.7 Å². The van der Waals surface area contributed by atoms with Gasteiger partial charge in [-0.1, -0.05) is 34.3 Å². The number of methoxy groups -OCH3 is 1. The molecule has 0 fully saturated rings. The lowest BCUT2D eigenvalue weighted by Gasteiger charge is -2.09. The van der Waals surface area contributed by atoms with Gasteiger partial charge in [0.25, 0.3) is 0 Å². The summed E-state index contributed by atoms with van der Waals surface area (Å²) in [5.74, 6) is 1.36. The number of rotatable bonds is 5. The zero-order valence-corrected chi connectivity index (χ0v) is 12.7. The van der Waals surface area contributed by atoms with Crippen LogP contribution in [0.3, 0.4) is 0 Å². The molecule has 0 unspecified atom stereocenters. The van der Waals surface area contributed by atoms with Gasteiger partial charge in [-0.25, -0.2) is 0 Å². The number of aryl methyl sites for hydroxylation is 1. The number of amidine groups is 1. The van der Waals surface area contributed by atoms with Crippen LogP contribution in [0.1, 0.15) is 16.1 Å². The monoisotopic (exact) mass is 310 g/mol. The van der Waals surface area contributed by atoms with E-state index in [9.17, 15) is 0 Å². The third-order valence-electron chi connectivity index (χ3n) is 2.52. The SMILES string of the molecule is COc1cc(CSc2nnc(C)s2)ccc1/C(N)=N/O. The van der Waals surface area contributed by atoms with E-state index in [2.05, 4.69) is 15.4 Å². The molecule has 0 aliphatic heterocycles. The predicted molar refractivity (Wildman–Crippen MR) is 79.7 cm³/mol. The largest absolute Gasteiger partial charge is 0.496 e. The Bertz CT molecular complexity index is 628. The average Bonchev–Trinajstić information content (AvgIpc) is 2.89. The zero-order valence-electron chi connectivity index (χ0n) is 11.0. The molecule has 0 radical (unpaired) electrons. The molecule has 2 aromatic rings. The summed E-state index contributed by atoms with van der Waals surface area (Å²) >= 11 is 3.18. The molecule has 0 atom stereocenters. The molecule has 0 spiro atoms. The van der Waals surface area contributed by atoms with Crippen LogP contribution in [-0.2, 0) is 5.75 Å². The summed E-state index contributed by atoms with van der Waals surface area (Å²) in [5, 5.41) is 20.7. The number of aromatic nitrogens is 2. The zero-order chi connectivity index (χ0) is 14.5. The molecule has 1 aromatic heterocycles. The Hall–Kier alpha value is -1.80. The van der Waals surface area contributed by atoms with E-state index in [0.29, 0.717) is 11.3 Å². The van der Waals surface area contributed by atoms with E-state index >= 15 is 0 Å². The van der Waals surface area contributed by atoms with Gasteiger partial charge in [-0.2, -0.15) is 0 Å². The minimum absolute atomic E-state index is 0.0285. The summed E-state index contributed by atoms with van der Waals surface area (Å²) in [6.07, 6.45) is 0. The van der Waals surface area contributed by atoms with Crippen LogP contribution >= 0.6 is 23.1 Å².